The van der Waals surface area contributed by atoms with Gasteiger partial charge in [0.25, 0.3) is 0 Å². The van der Waals surface area contributed by atoms with Gasteiger partial charge in [-0.1, -0.05) is 0 Å². The molecule has 1 aliphatic heterocycles. The topological polar surface area (TPSA) is 57.6 Å². The van der Waals surface area contributed by atoms with E-state index in [1.54, 1.807) is 0 Å². The minimum Gasteiger partial charge on any atom is -0.392 e. The molecule has 0 unspecified atom stereocenters. The molecule has 1 heterocycles. The Morgan fingerprint density at radius 2 is 2.06 bits per heavy atom. The molecule has 1 atom stereocenters. The first kappa shape index (κ1) is 12.4. The van der Waals surface area contributed by atoms with Crippen molar-refractivity contribution in [3.8, 4) is 0 Å². The molecule has 2 rings (SSSR count). The van der Waals surface area contributed by atoms with E-state index in [0.29, 0.717) is 12.5 Å². The number of rotatable bonds is 2. The van der Waals surface area contributed by atoms with Crippen LogP contribution in [0.3, 0.4) is 0 Å². The zero-order valence-corrected chi connectivity index (χ0v) is 9.62. The molecule has 0 aliphatic carbocycles. The first-order valence-electron chi connectivity index (χ1n) is 5.04. The van der Waals surface area contributed by atoms with Crippen molar-refractivity contribution in [2.75, 3.05) is 13.1 Å². The van der Waals surface area contributed by atoms with Crippen molar-refractivity contribution >= 4 is 10.0 Å². The van der Waals surface area contributed by atoms with Crippen LogP contribution in [0.5, 0.6) is 0 Å². The quantitative estimate of drug-likeness (QED) is 0.855. The molecule has 4 nitrogen and oxygen atoms in total. The highest BCUT2D eigenvalue weighted by Crippen LogP contribution is 2.23. The lowest BCUT2D eigenvalue weighted by Crippen LogP contribution is -2.30. The molecule has 0 spiro atoms. The van der Waals surface area contributed by atoms with Gasteiger partial charge in [-0.15, -0.1) is 0 Å². The summed E-state index contributed by atoms with van der Waals surface area (Å²) in [6.45, 7) is 0.0828. The van der Waals surface area contributed by atoms with E-state index < -0.39 is 32.7 Å². The van der Waals surface area contributed by atoms with E-state index in [-0.39, 0.29) is 13.1 Å². The second-order valence-electron chi connectivity index (χ2n) is 3.88. The van der Waals surface area contributed by atoms with E-state index in [4.69, 9.17) is 0 Å². The maximum absolute atomic E-state index is 13.4. The molecule has 7 heteroatoms. The van der Waals surface area contributed by atoms with Crippen molar-refractivity contribution in [1.82, 2.24) is 4.31 Å². The molecule has 0 radical (unpaired) electrons. The number of hydrogen-bond acceptors (Lipinski definition) is 3. The number of aliphatic hydroxyl groups excluding tert-OH is 1. The van der Waals surface area contributed by atoms with E-state index >= 15 is 0 Å². The molecule has 1 aliphatic rings. The number of sulfonamides is 1. The van der Waals surface area contributed by atoms with Crippen molar-refractivity contribution in [2.24, 2.45) is 0 Å². The average Bonchev–Trinajstić information content (AvgIpc) is 2.64. The monoisotopic (exact) mass is 263 g/mol. The number of nitrogens with zero attached hydrogens (tertiary/aromatic N) is 1. The summed E-state index contributed by atoms with van der Waals surface area (Å²) < 4.78 is 51.0. The molecule has 1 fully saturated rings. The standard InChI is InChI=1S/C10H11F2NO3S/c11-7-1-2-10(9(12)5-7)17(15,16)13-4-3-8(14)6-13/h1-2,5,8,14H,3-4,6H2/t8-/m0/s1. The fourth-order valence-electron chi connectivity index (χ4n) is 1.75. The predicted molar refractivity (Wildman–Crippen MR) is 55.7 cm³/mol. The molecule has 0 amide bonds. The summed E-state index contributed by atoms with van der Waals surface area (Å²) in [7, 11) is -3.99. The molecule has 0 bridgehead atoms. The Kier molecular flexibility index (Phi) is 3.15. The molecular formula is C10H11F2NO3S. The Bertz CT molecular complexity index is 532. The minimum absolute atomic E-state index is 0.0564. The highest BCUT2D eigenvalue weighted by atomic mass is 32.2. The largest absolute Gasteiger partial charge is 0.392 e. The zero-order chi connectivity index (χ0) is 12.6. The SMILES string of the molecule is O=S(=O)(c1ccc(F)cc1F)N1CC[C@H](O)C1. The summed E-state index contributed by atoms with van der Waals surface area (Å²) in [5.41, 5.74) is 0. The summed E-state index contributed by atoms with van der Waals surface area (Å²) in [6.07, 6.45) is -0.407. The Morgan fingerprint density at radius 1 is 1.35 bits per heavy atom. The van der Waals surface area contributed by atoms with E-state index in [9.17, 15) is 22.3 Å². The van der Waals surface area contributed by atoms with Gasteiger partial charge in [0.05, 0.1) is 6.10 Å². The highest BCUT2D eigenvalue weighted by molar-refractivity contribution is 7.89. The average molecular weight is 263 g/mol. The molecular weight excluding hydrogens is 252 g/mol. The van der Waals surface area contributed by atoms with Crippen molar-refractivity contribution in [3.63, 3.8) is 0 Å². The third kappa shape index (κ3) is 2.31. The smallest absolute Gasteiger partial charge is 0.246 e. The summed E-state index contributed by atoms with van der Waals surface area (Å²) >= 11 is 0. The van der Waals surface area contributed by atoms with Gasteiger partial charge in [-0.2, -0.15) is 4.31 Å². The third-order valence-electron chi connectivity index (χ3n) is 2.64. The first-order chi connectivity index (χ1) is 7.91. The lowest BCUT2D eigenvalue weighted by Gasteiger charge is -2.16. The Balaban J connectivity index is 2.38. The molecule has 1 saturated heterocycles. The lowest BCUT2D eigenvalue weighted by atomic mass is 10.3. The summed E-state index contributed by atoms with van der Waals surface area (Å²) in [5.74, 6) is -1.95. The number of β-amino-alcohol motifs (C(OH)–C–C–N with tert-alkyl or cyclic N) is 1. The van der Waals surface area contributed by atoms with Crippen LogP contribution in [0.15, 0.2) is 23.1 Å². The van der Waals surface area contributed by atoms with E-state index in [0.717, 1.165) is 16.4 Å². The molecule has 0 aromatic heterocycles. The van der Waals surface area contributed by atoms with Crippen LogP contribution in [-0.4, -0.2) is 37.0 Å². The van der Waals surface area contributed by atoms with Crippen molar-refractivity contribution in [1.29, 1.82) is 0 Å². The van der Waals surface area contributed by atoms with Crippen molar-refractivity contribution in [2.45, 2.75) is 17.4 Å². The van der Waals surface area contributed by atoms with Crippen LogP contribution in [0.25, 0.3) is 0 Å². The van der Waals surface area contributed by atoms with Crippen LogP contribution in [0, 0.1) is 11.6 Å². The zero-order valence-electron chi connectivity index (χ0n) is 8.81. The van der Waals surface area contributed by atoms with Crippen LogP contribution in [0.2, 0.25) is 0 Å². The molecule has 1 aromatic carbocycles. The minimum atomic E-state index is -3.99. The van der Waals surface area contributed by atoms with Gasteiger partial charge in [-0.05, 0) is 18.6 Å². The van der Waals surface area contributed by atoms with E-state index in [1.807, 2.05) is 0 Å². The first-order valence-corrected chi connectivity index (χ1v) is 6.48. The summed E-state index contributed by atoms with van der Waals surface area (Å²) in [6, 6.07) is 2.31. The van der Waals surface area contributed by atoms with Crippen LogP contribution in [-0.2, 0) is 10.0 Å². The number of halogens is 2. The molecule has 94 valence electrons. The number of benzene rings is 1. The van der Waals surface area contributed by atoms with Gasteiger partial charge in [0.2, 0.25) is 10.0 Å². The fourth-order valence-corrected chi connectivity index (χ4v) is 3.29. The summed E-state index contributed by atoms with van der Waals surface area (Å²) in [4.78, 5) is -0.562. The normalized spacial score (nSPS) is 21.9. The van der Waals surface area contributed by atoms with Gasteiger partial charge in [-0.3, -0.25) is 0 Å². The number of hydrogen-bond donors (Lipinski definition) is 1. The second kappa shape index (κ2) is 4.32. The molecule has 1 aromatic rings. The predicted octanol–water partition coefficient (Wildman–Crippen LogP) is 0.720. The molecule has 17 heavy (non-hydrogen) atoms. The maximum atomic E-state index is 13.4. The van der Waals surface area contributed by atoms with Gasteiger partial charge in [0.1, 0.15) is 16.5 Å². The van der Waals surface area contributed by atoms with Gasteiger partial charge < -0.3 is 5.11 Å². The fraction of sp³-hybridized carbons (Fsp3) is 0.400. The Hall–Kier alpha value is -1.05. The van der Waals surface area contributed by atoms with E-state index in [2.05, 4.69) is 0 Å². The third-order valence-corrected chi connectivity index (χ3v) is 4.54. The summed E-state index contributed by atoms with van der Waals surface area (Å²) in [5, 5.41) is 9.26. The lowest BCUT2D eigenvalue weighted by molar-refractivity contribution is 0.189. The van der Waals surface area contributed by atoms with Crippen LogP contribution < -0.4 is 0 Å². The maximum Gasteiger partial charge on any atom is 0.246 e. The van der Waals surface area contributed by atoms with Crippen molar-refractivity contribution in [3.05, 3.63) is 29.8 Å². The van der Waals surface area contributed by atoms with Crippen LogP contribution in [0.4, 0.5) is 8.78 Å². The van der Waals surface area contributed by atoms with Gasteiger partial charge in [0.15, 0.2) is 0 Å². The number of aliphatic hydroxyl groups is 1. The molecule has 0 saturated carbocycles. The molecule has 1 N–H and O–H groups in total. The van der Waals surface area contributed by atoms with Gasteiger partial charge in [-0.25, -0.2) is 17.2 Å². The van der Waals surface area contributed by atoms with Crippen LogP contribution in [0.1, 0.15) is 6.42 Å². The van der Waals surface area contributed by atoms with E-state index in [1.165, 1.54) is 0 Å². The Labute approximate surface area is 97.5 Å². The Morgan fingerprint density at radius 3 is 2.59 bits per heavy atom. The second-order valence-corrected chi connectivity index (χ2v) is 5.79. The van der Waals surface area contributed by atoms with Crippen LogP contribution >= 0.6 is 0 Å². The highest BCUT2D eigenvalue weighted by Gasteiger charge is 2.33. The van der Waals surface area contributed by atoms with Crippen molar-refractivity contribution < 1.29 is 22.3 Å². The van der Waals surface area contributed by atoms with Gasteiger partial charge >= 0.3 is 0 Å². The van der Waals surface area contributed by atoms with Gasteiger partial charge in [0, 0.05) is 19.2 Å².